The molecule has 1 aliphatic heterocycles. The van der Waals surface area contributed by atoms with Crippen LogP contribution in [0.4, 0.5) is 0 Å². The Morgan fingerprint density at radius 2 is 2.32 bits per heavy atom. The number of likely N-dealkylation sites (tertiary alicyclic amines) is 1. The van der Waals surface area contributed by atoms with Crippen LogP contribution in [0, 0.1) is 6.92 Å². The lowest BCUT2D eigenvalue weighted by Crippen LogP contribution is -2.47. The van der Waals surface area contributed by atoms with Gasteiger partial charge in [-0.15, -0.1) is 5.10 Å². The molecule has 7 heteroatoms. The maximum Gasteiger partial charge on any atom is 0.358 e. The molecule has 3 heterocycles. The molecule has 1 N–H and O–H groups in total. The van der Waals surface area contributed by atoms with Crippen LogP contribution in [0.1, 0.15) is 28.1 Å². The van der Waals surface area contributed by atoms with Crippen LogP contribution in [0.15, 0.2) is 22.7 Å². The first-order valence-corrected chi connectivity index (χ1v) is 6.04. The van der Waals surface area contributed by atoms with Crippen LogP contribution in [-0.2, 0) is 6.54 Å². The van der Waals surface area contributed by atoms with Gasteiger partial charge in [0.25, 0.3) is 0 Å². The molecule has 0 aliphatic carbocycles. The van der Waals surface area contributed by atoms with Gasteiger partial charge >= 0.3 is 5.97 Å². The van der Waals surface area contributed by atoms with Crippen molar-refractivity contribution >= 4 is 5.97 Å². The Hall–Kier alpha value is -2.15. The van der Waals surface area contributed by atoms with Gasteiger partial charge in [-0.3, -0.25) is 4.90 Å². The molecule has 2 aromatic heterocycles. The molecule has 19 heavy (non-hydrogen) atoms. The molecule has 2 aromatic rings. The first kappa shape index (κ1) is 11.9. The molecule has 1 saturated heterocycles. The van der Waals surface area contributed by atoms with E-state index in [1.807, 2.05) is 19.1 Å². The number of nitrogens with zero attached hydrogens (tertiary/aromatic N) is 4. The van der Waals surface area contributed by atoms with E-state index in [9.17, 15) is 4.79 Å². The summed E-state index contributed by atoms with van der Waals surface area (Å²) in [5.41, 5.74) is -0.0138. The second-order valence-electron chi connectivity index (χ2n) is 4.75. The normalized spacial score (nSPS) is 16.5. The van der Waals surface area contributed by atoms with Gasteiger partial charge < -0.3 is 9.52 Å². The third kappa shape index (κ3) is 2.37. The summed E-state index contributed by atoms with van der Waals surface area (Å²) in [7, 11) is 0. The lowest BCUT2D eigenvalue weighted by Gasteiger charge is -2.38. The molecule has 0 aromatic carbocycles. The largest absolute Gasteiger partial charge is 0.476 e. The fourth-order valence-corrected chi connectivity index (χ4v) is 2.18. The fraction of sp³-hybridized carbons (Fsp3) is 0.417. The molecule has 0 saturated carbocycles. The standard InChI is InChI=1S/C12H14N4O3/c1-8-2-3-10(19-8)6-15-4-9(5-15)16-7-11(12(17)18)13-14-16/h2-3,7,9H,4-6H2,1H3,(H,17,18). The first-order valence-electron chi connectivity index (χ1n) is 6.04. The first-order chi connectivity index (χ1) is 9.11. The molecule has 1 aliphatic rings. The molecule has 7 nitrogen and oxygen atoms in total. The summed E-state index contributed by atoms with van der Waals surface area (Å²) in [5, 5.41) is 16.2. The topological polar surface area (TPSA) is 84.4 Å². The fourth-order valence-electron chi connectivity index (χ4n) is 2.18. The molecule has 0 radical (unpaired) electrons. The average Bonchev–Trinajstić information content (AvgIpc) is 2.91. The maximum atomic E-state index is 10.7. The van der Waals surface area contributed by atoms with Crippen molar-refractivity contribution in [2.75, 3.05) is 13.1 Å². The highest BCUT2D eigenvalue weighted by Gasteiger charge is 2.30. The van der Waals surface area contributed by atoms with Crippen LogP contribution < -0.4 is 0 Å². The van der Waals surface area contributed by atoms with Gasteiger partial charge in [0, 0.05) is 13.1 Å². The molecule has 0 unspecified atom stereocenters. The summed E-state index contributed by atoms with van der Waals surface area (Å²) in [6, 6.07) is 4.11. The van der Waals surface area contributed by atoms with Crippen LogP contribution >= 0.6 is 0 Å². The van der Waals surface area contributed by atoms with Gasteiger partial charge in [0.05, 0.1) is 18.8 Å². The lowest BCUT2D eigenvalue weighted by atomic mass is 10.1. The molecule has 0 atom stereocenters. The minimum atomic E-state index is -1.05. The molecular weight excluding hydrogens is 248 g/mol. The number of aryl methyl sites for hydroxylation is 1. The number of hydrogen-bond acceptors (Lipinski definition) is 5. The lowest BCUT2D eigenvalue weighted by molar-refractivity contribution is 0.0689. The zero-order valence-corrected chi connectivity index (χ0v) is 10.5. The van der Waals surface area contributed by atoms with Crippen molar-refractivity contribution in [1.82, 2.24) is 19.9 Å². The monoisotopic (exact) mass is 262 g/mol. The summed E-state index contributed by atoms with van der Waals surface area (Å²) in [5.74, 6) is 0.809. The summed E-state index contributed by atoms with van der Waals surface area (Å²) in [6.07, 6.45) is 1.47. The smallest absolute Gasteiger partial charge is 0.358 e. The number of carboxylic acids is 1. The van der Waals surface area contributed by atoms with Crippen molar-refractivity contribution in [3.63, 3.8) is 0 Å². The Kier molecular flexibility index (Phi) is 2.83. The molecule has 3 rings (SSSR count). The van der Waals surface area contributed by atoms with Crippen molar-refractivity contribution in [1.29, 1.82) is 0 Å². The minimum absolute atomic E-state index is 0.0138. The number of aromatic nitrogens is 3. The number of hydrogen-bond donors (Lipinski definition) is 1. The Morgan fingerprint density at radius 3 is 2.89 bits per heavy atom. The number of aromatic carboxylic acids is 1. The van der Waals surface area contributed by atoms with E-state index in [2.05, 4.69) is 15.2 Å². The molecule has 0 amide bonds. The minimum Gasteiger partial charge on any atom is -0.476 e. The van der Waals surface area contributed by atoms with Crippen molar-refractivity contribution in [2.45, 2.75) is 19.5 Å². The highest BCUT2D eigenvalue weighted by Crippen LogP contribution is 2.23. The highest BCUT2D eigenvalue weighted by molar-refractivity contribution is 5.84. The second-order valence-corrected chi connectivity index (χ2v) is 4.75. The van der Waals surface area contributed by atoms with Crippen LogP contribution in [0.3, 0.4) is 0 Å². The summed E-state index contributed by atoms with van der Waals surface area (Å²) >= 11 is 0. The van der Waals surface area contributed by atoms with Crippen molar-refractivity contribution in [3.05, 3.63) is 35.5 Å². The van der Waals surface area contributed by atoms with E-state index in [0.717, 1.165) is 31.2 Å². The zero-order valence-electron chi connectivity index (χ0n) is 10.5. The molecular formula is C12H14N4O3. The van der Waals surface area contributed by atoms with E-state index >= 15 is 0 Å². The third-order valence-electron chi connectivity index (χ3n) is 3.22. The Morgan fingerprint density at radius 1 is 1.53 bits per heavy atom. The van der Waals surface area contributed by atoms with Gasteiger partial charge in [-0.1, -0.05) is 5.21 Å². The quantitative estimate of drug-likeness (QED) is 0.882. The zero-order chi connectivity index (χ0) is 13.4. The summed E-state index contributed by atoms with van der Waals surface area (Å²) < 4.78 is 7.13. The SMILES string of the molecule is Cc1ccc(CN2CC(n3cc(C(=O)O)nn3)C2)o1. The van der Waals surface area contributed by atoms with E-state index in [-0.39, 0.29) is 11.7 Å². The number of rotatable bonds is 4. The summed E-state index contributed by atoms with van der Waals surface area (Å²) in [4.78, 5) is 12.9. The van der Waals surface area contributed by atoms with Crippen molar-refractivity contribution in [2.24, 2.45) is 0 Å². The van der Waals surface area contributed by atoms with Crippen molar-refractivity contribution < 1.29 is 14.3 Å². The van der Waals surface area contributed by atoms with Crippen LogP contribution in [0.2, 0.25) is 0 Å². The van der Waals surface area contributed by atoms with E-state index in [1.54, 1.807) is 4.68 Å². The molecule has 0 bridgehead atoms. The second kappa shape index (κ2) is 4.51. The van der Waals surface area contributed by atoms with Gasteiger partial charge in [-0.2, -0.15) is 0 Å². The van der Waals surface area contributed by atoms with Crippen LogP contribution in [-0.4, -0.2) is 44.1 Å². The molecule has 1 fully saturated rings. The van der Waals surface area contributed by atoms with E-state index < -0.39 is 5.97 Å². The number of furan rings is 1. The summed E-state index contributed by atoms with van der Waals surface area (Å²) in [6.45, 7) is 4.33. The predicted octanol–water partition coefficient (Wildman–Crippen LogP) is 0.935. The number of carbonyl (C=O) groups is 1. The number of carboxylic acid groups (broad SMARTS) is 1. The average molecular weight is 262 g/mol. The van der Waals surface area contributed by atoms with E-state index in [4.69, 9.17) is 9.52 Å². The third-order valence-corrected chi connectivity index (χ3v) is 3.22. The van der Waals surface area contributed by atoms with Crippen LogP contribution in [0.5, 0.6) is 0 Å². The van der Waals surface area contributed by atoms with Crippen molar-refractivity contribution in [3.8, 4) is 0 Å². The maximum absolute atomic E-state index is 10.7. The molecule has 0 spiro atoms. The van der Waals surface area contributed by atoms with Gasteiger partial charge in [-0.25, -0.2) is 9.48 Å². The highest BCUT2D eigenvalue weighted by atomic mass is 16.4. The Labute approximate surface area is 109 Å². The van der Waals surface area contributed by atoms with Gasteiger partial charge in [0.2, 0.25) is 0 Å². The van der Waals surface area contributed by atoms with Gasteiger partial charge in [-0.05, 0) is 19.1 Å². The van der Waals surface area contributed by atoms with E-state index in [0.29, 0.717) is 0 Å². The van der Waals surface area contributed by atoms with E-state index in [1.165, 1.54) is 6.20 Å². The Bertz CT molecular complexity index is 598. The van der Waals surface area contributed by atoms with Gasteiger partial charge in [0.15, 0.2) is 5.69 Å². The predicted molar refractivity (Wildman–Crippen MR) is 64.7 cm³/mol. The Balaban J connectivity index is 1.55. The van der Waals surface area contributed by atoms with Crippen LogP contribution in [0.25, 0.3) is 0 Å². The molecule has 100 valence electrons. The van der Waals surface area contributed by atoms with Gasteiger partial charge in [0.1, 0.15) is 11.5 Å².